The lowest BCUT2D eigenvalue weighted by atomic mass is 9.99. The molecule has 1 heterocycles. The van der Waals surface area contributed by atoms with Gasteiger partial charge in [0, 0.05) is 13.0 Å². The van der Waals surface area contributed by atoms with Crippen molar-refractivity contribution in [3.63, 3.8) is 0 Å². The molecular formula is C51H88O9. The molecule has 0 aliphatic carbocycles. The Hall–Kier alpha value is -2.37. The summed E-state index contributed by atoms with van der Waals surface area (Å²) < 4.78 is 22.8. The van der Waals surface area contributed by atoms with Crippen molar-refractivity contribution in [1.29, 1.82) is 0 Å². The highest BCUT2D eigenvalue weighted by molar-refractivity contribution is 5.69. The van der Waals surface area contributed by atoms with Gasteiger partial charge in [-0.05, 0) is 83.5 Å². The Labute approximate surface area is 366 Å². The molecule has 0 aromatic heterocycles. The van der Waals surface area contributed by atoms with Gasteiger partial charge in [0.25, 0.3) is 0 Å². The molecule has 9 nitrogen and oxygen atoms in total. The number of aliphatic hydroxyl groups excluding tert-OH is 4. The summed E-state index contributed by atoms with van der Waals surface area (Å²) in [6.07, 6.45) is 47.9. The predicted octanol–water partition coefficient (Wildman–Crippen LogP) is 11.3. The quantitative estimate of drug-likeness (QED) is 0.0270. The van der Waals surface area contributed by atoms with Gasteiger partial charge in [-0.3, -0.25) is 4.79 Å². The van der Waals surface area contributed by atoms with Crippen LogP contribution in [-0.4, -0.2) is 89.6 Å². The van der Waals surface area contributed by atoms with Crippen LogP contribution in [0.15, 0.2) is 72.9 Å². The Kier molecular flexibility index (Phi) is 38.9. The van der Waals surface area contributed by atoms with E-state index in [1.54, 1.807) is 0 Å². The Balaban J connectivity index is 2.26. The Morgan fingerprint density at radius 2 is 1.02 bits per heavy atom. The number of rotatable bonds is 40. The third-order valence-electron chi connectivity index (χ3n) is 10.6. The van der Waals surface area contributed by atoms with Gasteiger partial charge in [-0.25, -0.2) is 0 Å². The zero-order valence-electron chi connectivity index (χ0n) is 37.9. The number of ether oxygens (including phenoxy) is 4. The summed E-state index contributed by atoms with van der Waals surface area (Å²) in [7, 11) is 0. The van der Waals surface area contributed by atoms with Crippen molar-refractivity contribution in [2.75, 3.05) is 26.4 Å². The van der Waals surface area contributed by atoms with Gasteiger partial charge < -0.3 is 39.4 Å². The SMILES string of the molecule is CC/C=C\C/C=C\C/C=C\C/C=C\CCCCCOCC(COC1OC(CO)C(O)C(O)C1O)OC(=O)CCCCCCCCCCC/C=C\C/C=C\CCCCCCC. The fourth-order valence-corrected chi connectivity index (χ4v) is 6.87. The zero-order valence-corrected chi connectivity index (χ0v) is 37.9. The first-order valence-electron chi connectivity index (χ1n) is 24.0. The molecule has 60 heavy (non-hydrogen) atoms. The number of allylic oxidation sites excluding steroid dienone is 12. The average Bonchev–Trinajstić information content (AvgIpc) is 3.25. The van der Waals surface area contributed by atoms with E-state index < -0.39 is 43.4 Å². The van der Waals surface area contributed by atoms with Crippen molar-refractivity contribution in [2.45, 2.75) is 218 Å². The molecule has 4 N–H and O–H groups in total. The minimum atomic E-state index is -1.55. The maximum atomic E-state index is 12.8. The minimum absolute atomic E-state index is 0.118. The Morgan fingerprint density at radius 3 is 1.53 bits per heavy atom. The minimum Gasteiger partial charge on any atom is -0.457 e. The van der Waals surface area contributed by atoms with Gasteiger partial charge in [-0.1, -0.05) is 164 Å². The van der Waals surface area contributed by atoms with E-state index in [4.69, 9.17) is 18.9 Å². The molecule has 1 rings (SSSR count). The van der Waals surface area contributed by atoms with Crippen LogP contribution >= 0.6 is 0 Å². The average molecular weight is 845 g/mol. The molecule has 346 valence electrons. The summed E-state index contributed by atoms with van der Waals surface area (Å²) in [4.78, 5) is 12.8. The molecule has 0 bridgehead atoms. The van der Waals surface area contributed by atoms with Crippen molar-refractivity contribution >= 4 is 5.97 Å². The molecule has 0 spiro atoms. The smallest absolute Gasteiger partial charge is 0.306 e. The second-order valence-corrected chi connectivity index (χ2v) is 16.2. The number of hydrogen-bond donors (Lipinski definition) is 4. The highest BCUT2D eigenvalue weighted by Crippen LogP contribution is 2.22. The zero-order chi connectivity index (χ0) is 43.6. The molecule has 0 aromatic carbocycles. The largest absolute Gasteiger partial charge is 0.457 e. The van der Waals surface area contributed by atoms with Crippen LogP contribution in [0.4, 0.5) is 0 Å². The van der Waals surface area contributed by atoms with Crippen molar-refractivity contribution < 1.29 is 44.2 Å². The first-order valence-corrected chi connectivity index (χ1v) is 24.0. The summed E-state index contributed by atoms with van der Waals surface area (Å²) in [6.45, 7) is 4.35. The fraction of sp³-hybridized carbons (Fsp3) is 0.745. The standard InChI is InChI=1S/C51H88O9/c1-3-5-7-9-11-13-15-17-19-21-22-23-24-25-26-28-30-32-34-36-38-40-47(53)59-45(44-58-51-50(56)49(55)48(54)46(42-52)60-51)43-57-41-39-37-35-33-31-29-27-20-18-16-14-12-10-8-6-4-2/h6,8,12,14-15,17-18,20-22,29,31,45-46,48-52,54-56H,3-5,7,9-11,13,16,19,23-28,30,32-44H2,1-2H3/b8-6-,14-12-,17-15-,20-18-,22-21-,31-29-. The normalized spacial score (nSPS) is 20.7. The molecular weight excluding hydrogens is 757 g/mol. The molecule has 1 saturated heterocycles. The van der Waals surface area contributed by atoms with Gasteiger partial charge >= 0.3 is 5.97 Å². The molecule has 0 amide bonds. The molecule has 6 atom stereocenters. The van der Waals surface area contributed by atoms with E-state index in [-0.39, 0.29) is 19.2 Å². The number of aliphatic hydroxyl groups is 4. The molecule has 1 fully saturated rings. The van der Waals surface area contributed by atoms with Crippen molar-refractivity contribution in [3.8, 4) is 0 Å². The number of unbranched alkanes of at least 4 members (excludes halogenated alkanes) is 17. The first kappa shape index (κ1) is 55.6. The van der Waals surface area contributed by atoms with E-state index >= 15 is 0 Å². The van der Waals surface area contributed by atoms with Crippen LogP contribution in [0.3, 0.4) is 0 Å². The van der Waals surface area contributed by atoms with E-state index in [1.807, 2.05) is 0 Å². The van der Waals surface area contributed by atoms with Crippen LogP contribution in [0.1, 0.15) is 181 Å². The van der Waals surface area contributed by atoms with Crippen LogP contribution < -0.4 is 0 Å². The summed E-state index contributed by atoms with van der Waals surface area (Å²) >= 11 is 0. The van der Waals surface area contributed by atoms with E-state index in [2.05, 4.69) is 86.8 Å². The van der Waals surface area contributed by atoms with Crippen LogP contribution in [0, 0.1) is 0 Å². The number of carbonyl (C=O) groups excluding carboxylic acids is 1. The maximum absolute atomic E-state index is 12.8. The van der Waals surface area contributed by atoms with Gasteiger partial charge in [-0.15, -0.1) is 0 Å². The van der Waals surface area contributed by atoms with Gasteiger partial charge in [0.1, 0.15) is 30.5 Å². The van der Waals surface area contributed by atoms with Gasteiger partial charge in [0.2, 0.25) is 0 Å². The first-order chi connectivity index (χ1) is 29.4. The lowest BCUT2D eigenvalue weighted by Gasteiger charge is -2.39. The highest BCUT2D eigenvalue weighted by Gasteiger charge is 2.44. The summed E-state index contributed by atoms with van der Waals surface area (Å²) in [5, 5.41) is 40.2. The summed E-state index contributed by atoms with van der Waals surface area (Å²) in [5.74, 6) is -0.332. The highest BCUT2D eigenvalue weighted by atomic mass is 16.7. The van der Waals surface area contributed by atoms with Crippen LogP contribution in [0.25, 0.3) is 0 Å². The number of esters is 1. The van der Waals surface area contributed by atoms with E-state index in [0.29, 0.717) is 13.0 Å². The van der Waals surface area contributed by atoms with Crippen LogP contribution in [-0.2, 0) is 23.7 Å². The number of carbonyl (C=O) groups is 1. The second-order valence-electron chi connectivity index (χ2n) is 16.2. The number of hydrogen-bond acceptors (Lipinski definition) is 9. The van der Waals surface area contributed by atoms with Crippen molar-refractivity contribution in [1.82, 2.24) is 0 Å². The lowest BCUT2D eigenvalue weighted by Crippen LogP contribution is -2.59. The second kappa shape index (κ2) is 42.0. The molecule has 0 saturated carbocycles. The van der Waals surface area contributed by atoms with Crippen molar-refractivity contribution in [2.24, 2.45) is 0 Å². The molecule has 9 heteroatoms. The predicted molar refractivity (Wildman–Crippen MR) is 247 cm³/mol. The fourth-order valence-electron chi connectivity index (χ4n) is 6.87. The summed E-state index contributed by atoms with van der Waals surface area (Å²) in [6, 6.07) is 0. The molecule has 0 radical (unpaired) electrons. The maximum Gasteiger partial charge on any atom is 0.306 e. The third-order valence-corrected chi connectivity index (χ3v) is 10.6. The Bertz CT molecular complexity index is 1140. The topological polar surface area (TPSA) is 135 Å². The van der Waals surface area contributed by atoms with Crippen LogP contribution in [0.2, 0.25) is 0 Å². The van der Waals surface area contributed by atoms with Crippen LogP contribution in [0.5, 0.6) is 0 Å². The molecule has 1 aliphatic rings. The van der Waals surface area contributed by atoms with Crippen molar-refractivity contribution in [3.05, 3.63) is 72.9 Å². The summed E-state index contributed by atoms with van der Waals surface area (Å²) in [5.41, 5.74) is 0. The monoisotopic (exact) mass is 845 g/mol. The van der Waals surface area contributed by atoms with Gasteiger partial charge in [0.15, 0.2) is 6.29 Å². The van der Waals surface area contributed by atoms with E-state index in [0.717, 1.165) is 77.0 Å². The third kappa shape index (κ3) is 32.4. The molecule has 0 aromatic rings. The van der Waals surface area contributed by atoms with E-state index in [1.165, 1.54) is 83.5 Å². The Morgan fingerprint density at radius 1 is 0.550 bits per heavy atom. The molecule has 6 unspecified atom stereocenters. The van der Waals surface area contributed by atoms with E-state index in [9.17, 15) is 25.2 Å². The van der Waals surface area contributed by atoms with Gasteiger partial charge in [0.05, 0.1) is 19.8 Å². The molecule has 1 aliphatic heterocycles. The lowest BCUT2D eigenvalue weighted by molar-refractivity contribution is -0.305. The van der Waals surface area contributed by atoms with Gasteiger partial charge in [-0.2, -0.15) is 0 Å².